The summed E-state index contributed by atoms with van der Waals surface area (Å²) in [6, 6.07) is 17.4. The number of hydrogen-bond acceptors (Lipinski definition) is 4. The molecule has 0 aromatic heterocycles. The van der Waals surface area contributed by atoms with E-state index in [0.717, 1.165) is 24.2 Å². The number of carbonyl (C=O) groups excluding carboxylic acids is 1. The molecule has 24 heavy (non-hydrogen) atoms. The van der Waals surface area contributed by atoms with E-state index in [1.807, 2.05) is 35.2 Å². The fourth-order valence-electron chi connectivity index (χ4n) is 2.80. The first-order valence-corrected chi connectivity index (χ1v) is 8.16. The quantitative estimate of drug-likeness (QED) is 0.855. The van der Waals surface area contributed by atoms with Crippen molar-refractivity contribution in [3.63, 3.8) is 0 Å². The Morgan fingerprint density at radius 1 is 1.17 bits per heavy atom. The number of benzene rings is 2. The number of nitrogens with one attached hydrogen (secondary N) is 1. The van der Waals surface area contributed by atoms with Gasteiger partial charge in [0.05, 0.1) is 6.61 Å². The third kappa shape index (κ3) is 4.26. The predicted molar refractivity (Wildman–Crippen MR) is 92.9 cm³/mol. The van der Waals surface area contributed by atoms with Crippen LogP contribution in [0, 0.1) is 0 Å². The van der Waals surface area contributed by atoms with Gasteiger partial charge in [0, 0.05) is 24.8 Å². The molecule has 2 aromatic carbocycles. The molecular weight excluding hydrogens is 304 g/mol. The Balaban J connectivity index is 1.45. The largest absolute Gasteiger partial charge is 0.484 e. The van der Waals surface area contributed by atoms with Crippen molar-refractivity contribution in [2.45, 2.75) is 19.1 Å². The van der Waals surface area contributed by atoms with Crippen LogP contribution in [-0.4, -0.2) is 41.7 Å². The van der Waals surface area contributed by atoms with Gasteiger partial charge in [-0.25, -0.2) is 0 Å². The summed E-state index contributed by atoms with van der Waals surface area (Å²) in [5.41, 5.74) is 1.90. The number of likely N-dealkylation sites (tertiary alicyclic amines) is 1. The van der Waals surface area contributed by atoms with Gasteiger partial charge in [-0.05, 0) is 36.2 Å². The number of hydrogen-bond donors (Lipinski definition) is 2. The van der Waals surface area contributed by atoms with E-state index in [0.29, 0.717) is 12.3 Å². The molecule has 2 N–H and O–H groups in total. The van der Waals surface area contributed by atoms with Crippen LogP contribution in [0.2, 0.25) is 0 Å². The number of amides is 1. The van der Waals surface area contributed by atoms with Crippen molar-refractivity contribution < 1.29 is 14.6 Å². The molecule has 0 aliphatic carbocycles. The molecule has 0 saturated carbocycles. The van der Waals surface area contributed by atoms with Crippen LogP contribution in [0.15, 0.2) is 54.6 Å². The number of nitrogens with zero attached hydrogens (tertiary/aromatic N) is 1. The Hall–Kier alpha value is -2.53. The highest BCUT2D eigenvalue weighted by atomic mass is 16.5. The van der Waals surface area contributed by atoms with Crippen LogP contribution in [0.5, 0.6) is 5.75 Å². The van der Waals surface area contributed by atoms with E-state index in [1.54, 1.807) is 24.3 Å². The van der Waals surface area contributed by atoms with Gasteiger partial charge in [0.1, 0.15) is 5.75 Å². The molecule has 5 nitrogen and oxygen atoms in total. The molecule has 1 amide bonds. The van der Waals surface area contributed by atoms with Crippen molar-refractivity contribution in [2.75, 3.05) is 25.0 Å². The zero-order valence-corrected chi connectivity index (χ0v) is 13.5. The summed E-state index contributed by atoms with van der Waals surface area (Å²) in [5, 5.41) is 12.5. The summed E-state index contributed by atoms with van der Waals surface area (Å²) in [7, 11) is 0. The highest BCUT2D eigenvalue weighted by Crippen LogP contribution is 2.17. The SMILES string of the molecule is O=C(COc1ccc(CO)cc1)N1CCC(Nc2ccccc2)C1. The molecule has 0 bridgehead atoms. The number of ether oxygens (including phenoxy) is 1. The summed E-state index contributed by atoms with van der Waals surface area (Å²) in [6.07, 6.45) is 0.936. The Morgan fingerprint density at radius 2 is 1.92 bits per heavy atom. The first-order valence-electron chi connectivity index (χ1n) is 8.16. The molecule has 3 rings (SSSR count). The molecule has 1 fully saturated rings. The smallest absolute Gasteiger partial charge is 0.260 e. The summed E-state index contributed by atoms with van der Waals surface area (Å²) in [5.74, 6) is 0.636. The summed E-state index contributed by atoms with van der Waals surface area (Å²) in [6.45, 7) is 1.48. The van der Waals surface area contributed by atoms with Gasteiger partial charge < -0.3 is 20.1 Å². The van der Waals surface area contributed by atoms with Crippen LogP contribution in [0.4, 0.5) is 5.69 Å². The van der Waals surface area contributed by atoms with Gasteiger partial charge in [0.2, 0.25) is 0 Å². The maximum absolute atomic E-state index is 12.3. The minimum Gasteiger partial charge on any atom is -0.484 e. The lowest BCUT2D eigenvalue weighted by Crippen LogP contribution is -2.34. The Kier molecular flexibility index (Phi) is 5.33. The molecule has 1 unspecified atom stereocenters. The van der Waals surface area contributed by atoms with Crippen LogP contribution in [0.1, 0.15) is 12.0 Å². The number of carbonyl (C=O) groups is 1. The van der Waals surface area contributed by atoms with E-state index < -0.39 is 0 Å². The van der Waals surface area contributed by atoms with Crippen molar-refractivity contribution in [1.29, 1.82) is 0 Å². The normalized spacial score (nSPS) is 16.9. The van der Waals surface area contributed by atoms with Gasteiger partial charge in [-0.1, -0.05) is 30.3 Å². The molecule has 0 radical (unpaired) electrons. The minimum absolute atomic E-state index is 0.00130. The number of aliphatic hydroxyl groups is 1. The second-order valence-electron chi connectivity index (χ2n) is 5.93. The third-order valence-corrected chi connectivity index (χ3v) is 4.15. The summed E-state index contributed by atoms with van der Waals surface area (Å²) < 4.78 is 5.54. The highest BCUT2D eigenvalue weighted by Gasteiger charge is 2.26. The van der Waals surface area contributed by atoms with Crippen molar-refractivity contribution >= 4 is 11.6 Å². The van der Waals surface area contributed by atoms with Crippen LogP contribution in [0.25, 0.3) is 0 Å². The molecule has 1 aliphatic heterocycles. The second-order valence-corrected chi connectivity index (χ2v) is 5.93. The zero-order valence-electron chi connectivity index (χ0n) is 13.5. The Bertz CT molecular complexity index is 658. The van der Waals surface area contributed by atoms with Gasteiger partial charge in [-0.15, -0.1) is 0 Å². The number of para-hydroxylation sites is 1. The minimum atomic E-state index is -0.00130. The Morgan fingerprint density at radius 3 is 2.62 bits per heavy atom. The lowest BCUT2D eigenvalue weighted by molar-refractivity contribution is -0.132. The van der Waals surface area contributed by atoms with E-state index in [1.165, 1.54) is 0 Å². The highest BCUT2D eigenvalue weighted by molar-refractivity contribution is 5.78. The molecular formula is C19H22N2O3. The number of rotatable bonds is 6. The monoisotopic (exact) mass is 326 g/mol. The topological polar surface area (TPSA) is 61.8 Å². The van der Waals surface area contributed by atoms with Gasteiger partial charge in [0.15, 0.2) is 6.61 Å². The van der Waals surface area contributed by atoms with Gasteiger partial charge in [-0.3, -0.25) is 4.79 Å². The van der Waals surface area contributed by atoms with Crippen molar-refractivity contribution in [3.8, 4) is 5.75 Å². The van der Waals surface area contributed by atoms with Crippen molar-refractivity contribution in [2.24, 2.45) is 0 Å². The van der Waals surface area contributed by atoms with Crippen molar-refractivity contribution in [1.82, 2.24) is 4.90 Å². The molecule has 1 aliphatic rings. The predicted octanol–water partition coefficient (Wildman–Crippen LogP) is 2.27. The summed E-state index contributed by atoms with van der Waals surface area (Å²) >= 11 is 0. The number of anilines is 1. The first kappa shape index (κ1) is 16.3. The van der Waals surface area contributed by atoms with E-state index >= 15 is 0 Å². The molecule has 5 heteroatoms. The molecule has 1 saturated heterocycles. The lowest BCUT2D eigenvalue weighted by atomic mass is 10.2. The molecule has 2 aromatic rings. The van der Waals surface area contributed by atoms with E-state index in [-0.39, 0.29) is 25.2 Å². The van der Waals surface area contributed by atoms with Crippen LogP contribution in [-0.2, 0) is 11.4 Å². The average Bonchev–Trinajstić information content (AvgIpc) is 3.09. The first-order chi connectivity index (χ1) is 11.7. The fraction of sp³-hybridized carbons (Fsp3) is 0.316. The third-order valence-electron chi connectivity index (χ3n) is 4.15. The maximum Gasteiger partial charge on any atom is 0.260 e. The molecule has 1 heterocycles. The standard InChI is InChI=1S/C19H22N2O3/c22-13-15-6-8-18(9-7-15)24-14-19(23)21-11-10-17(12-21)20-16-4-2-1-3-5-16/h1-9,17,20,22H,10-14H2. The Labute approximate surface area is 141 Å². The lowest BCUT2D eigenvalue weighted by Gasteiger charge is -2.18. The van der Waals surface area contributed by atoms with E-state index in [2.05, 4.69) is 5.32 Å². The van der Waals surface area contributed by atoms with Crippen LogP contribution >= 0.6 is 0 Å². The number of aliphatic hydroxyl groups excluding tert-OH is 1. The maximum atomic E-state index is 12.3. The van der Waals surface area contributed by atoms with Gasteiger partial charge in [-0.2, -0.15) is 0 Å². The van der Waals surface area contributed by atoms with Gasteiger partial charge >= 0.3 is 0 Å². The van der Waals surface area contributed by atoms with E-state index in [4.69, 9.17) is 9.84 Å². The molecule has 126 valence electrons. The molecule has 1 atom stereocenters. The fourth-order valence-corrected chi connectivity index (χ4v) is 2.80. The van der Waals surface area contributed by atoms with E-state index in [9.17, 15) is 4.79 Å². The van der Waals surface area contributed by atoms with Crippen molar-refractivity contribution in [3.05, 3.63) is 60.2 Å². The molecule has 0 spiro atoms. The van der Waals surface area contributed by atoms with Crippen LogP contribution < -0.4 is 10.1 Å². The average molecular weight is 326 g/mol. The second kappa shape index (κ2) is 7.84. The zero-order chi connectivity index (χ0) is 16.8. The van der Waals surface area contributed by atoms with Gasteiger partial charge in [0.25, 0.3) is 5.91 Å². The van der Waals surface area contributed by atoms with Crippen LogP contribution in [0.3, 0.4) is 0 Å². The summed E-state index contributed by atoms with van der Waals surface area (Å²) in [4.78, 5) is 14.1.